The quantitative estimate of drug-likeness (QED) is 0.0273. The van der Waals surface area contributed by atoms with Gasteiger partial charge in [-0.05, 0) is 69.2 Å². The summed E-state index contributed by atoms with van der Waals surface area (Å²) in [5.41, 5.74) is 6.47. The molecule has 3 aromatic rings. The Kier molecular flexibility index (Phi) is 23.3. The second-order valence-corrected chi connectivity index (χ2v) is 19.1. The number of carboxylic acids is 4. The van der Waals surface area contributed by atoms with Crippen molar-refractivity contribution in [2.45, 2.75) is 111 Å². The van der Waals surface area contributed by atoms with Gasteiger partial charge in [-0.3, -0.25) is 28.5 Å². The minimum atomic E-state index is -4.67. The van der Waals surface area contributed by atoms with Crippen LogP contribution in [0.4, 0.5) is 21.2 Å². The average molecular weight is 1080 g/mol. The molecule has 2 aromatic heterocycles. The molecule has 1 unspecified atom stereocenters. The van der Waals surface area contributed by atoms with Gasteiger partial charge in [0.2, 0.25) is 5.95 Å². The molecular weight excluding hydrogens is 1030 g/mol. The van der Waals surface area contributed by atoms with E-state index in [2.05, 4.69) is 51.8 Å². The zero-order chi connectivity index (χ0) is 50.8. The van der Waals surface area contributed by atoms with E-state index in [0.29, 0.717) is 34.7 Å². The van der Waals surface area contributed by atoms with Gasteiger partial charge in [-0.1, -0.05) is 12.8 Å². The van der Waals surface area contributed by atoms with Crippen molar-refractivity contribution in [3.63, 3.8) is 0 Å². The first kappa shape index (κ1) is 58.3. The summed E-state index contributed by atoms with van der Waals surface area (Å²) in [4.78, 5) is 103. The molecule has 0 bridgehead atoms. The van der Waals surface area contributed by atoms with Gasteiger partial charge in [-0.2, -0.15) is 36.9 Å². The van der Waals surface area contributed by atoms with E-state index in [-0.39, 0.29) is 108 Å². The van der Waals surface area contributed by atoms with E-state index in [1.165, 1.54) is 18.3 Å². The van der Waals surface area contributed by atoms with E-state index in [0.717, 1.165) is 37.2 Å². The number of benzene rings is 1. The molecular formula is C39H51MnN11O16S3. The number of rotatable bonds is 19. The van der Waals surface area contributed by atoms with Gasteiger partial charge in [0.1, 0.15) is 6.04 Å². The van der Waals surface area contributed by atoms with Crippen molar-refractivity contribution in [2.75, 3.05) is 22.6 Å². The van der Waals surface area contributed by atoms with Crippen molar-refractivity contribution in [2.24, 2.45) is 0 Å². The van der Waals surface area contributed by atoms with Gasteiger partial charge in [-0.25, -0.2) is 24.4 Å². The molecule has 70 heavy (non-hydrogen) atoms. The molecule has 4 aliphatic heterocycles. The third-order valence-corrected chi connectivity index (χ3v) is 13.5. The number of H-pyrrole nitrogens is 1. The predicted octanol–water partition coefficient (Wildman–Crippen LogP) is -1.78. The summed E-state index contributed by atoms with van der Waals surface area (Å²) in [6.45, 7) is 0.231. The number of anilines is 2. The molecule has 7 atom stereocenters. The first-order valence-electron chi connectivity index (χ1n) is 21.1. The Bertz CT molecular complexity index is 2430. The zero-order valence-corrected chi connectivity index (χ0v) is 40.5. The van der Waals surface area contributed by atoms with Crippen LogP contribution in [0.15, 0.2) is 35.3 Å². The number of nitrogens with zero attached hydrogens (tertiary/aromatic N) is 3. The summed E-state index contributed by atoms with van der Waals surface area (Å²) < 4.78 is 31.6. The van der Waals surface area contributed by atoms with Crippen LogP contribution in [-0.2, 0) is 53.2 Å². The first-order valence-corrected chi connectivity index (χ1v) is 24.6. The van der Waals surface area contributed by atoms with Gasteiger partial charge in [0.05, 0.1) is 42.6 Å². The Balaban J connectivity index is 0.000000285. The zero-order valence-electron chi connectivity index (χ0n) is 36.8. The maximum absolute atomic E-state index is 12.3. The third-order valence-electron chi connectivity index (χ3n) is 10.5. The number of urea groups is 2. The Morgan fingerprint density at radius 3 is 1.79 bits per heavy atom. The smallest absolute Gasteiger partial charge is 0.550 e. The number of nitrogen functional groups attached to an aromatic ring is 1. The van der Waals surface area contributed by atoms with Gasteiger partial charge < -0.3 is 67.6 Å². The van der Waals surface area contributed by atoms with Crippen LogP contribution in [0.25, 0.3) is 11.2 Å². The molecule has 1 aromatic carbocycles. The second-order valence-electron chi connectivity index (χ2n) is 15.6. The summed E-state index contributed by atoms with van der Waals surface area (Å²) in [7, 11) is -4.67. The van der Waals surface area contributed by atoms with E-state index in [1.54, 1.807) is 12.1 Å². The van der Waals surface area contributed by atoms with E-state index < -0.39 is 51.8 Å². The number of unbranched alkanes of at least 4 members (excludes halogenated alkanes) is 2. The van der Waals surface area contributed by atoms with E-state index in [9.17, 15) is 48.6 Å². The van der Waals surface area contributed by atoms with Crippen LogP contribution in [0.5, 0.6) is 0 Å². The van der Waals surface area contributed by atoms with Gasteiger partial charge in [0, 0.05) is 51.6 Å². The van der Waals surface area contributed by atoms with Crippen LogP contribution in [0.3, 0.4) is 0 Å². The number of hydrogen-bond donors (Lipinski definition) is 12. The molecule has 7 rings (SSSR count). The largest absolute Gasteiger partial charge is 2.00 e. The van der Waals surface area contributed by atoms with E-state index >= 15 is 0 Å². The fraction of sp³-hybridized carbons (Fsp3) is 0.513. The van der Waals surface area contributed by atoms with Crippen LogP contribution in [-0.4, -0.2) is 142 Å². The fourth-order valence-electron chi connectivity index (χ4n) is 7.27. The summed E-state index contributed by atoms with van der Waals surface area (Å²) in [6.07, 6.45) is 6.12. The van der Waals surface area contributed by atoms with Crippen molar-refractivity contribution >= 4 is 98.6 Å². The summed E-state index contributed by atoms with van der Waals surface area (Å²) in [5.74, 6) is -3.21. The van der Waals surface area contributed by atoms with Crippen LogP contribution in [0, 0.1) is 0 Å². The Morgan fingerprint density at radius 1 is 0.800 bits per heavy atom. The number of carboxylic acid groups (broad SMARTS) is 4. The molecule has 4 saturated heterocycles. The molecule has 1 radical (unpaired) electrons. The molecule has 4 aliphatic rings. The number of hydrogen-bond acceptors (Lipinski definition) is 19. The Hall–Kier alpha value is -5.98. The van der Waals surface area contributed by atoms with Crippen molar-refractivity contribution in [3.05, 3.63) is 52.1 Å². The number of fused-ring (bicyclic) bond motifs is 3. The number of aromatic nitrogens is 4. The van der Waals surface area contributed by atoms with Gasteiger partial charge >= 0.3 is 51.5 Å². The summed E-state index contributed by atoms with van der Waals surface area (Å²) >= 11 is 3.71. The molecule has 6 heterocycles. The van der Waals surface area contributed by atoms with Gasteiger partial charge in [0.15, 0.2) is 11.2 Å². The summed E-state index contributed by atoms with van der Waals surface area (Å²) in [6, 6.07) is 5.67. The van der Waals surface area contributed by atoms with E-state index in [1.807, 2.05) is 23.5 Å². The molecule has 13 N–H and O–H groups in total. The Labute approximate surface area is 417 Å². The van der Waals surface area contributed by atoms with Crippen LogP contribution in [0.2, 0.25) is 0 Å². The average Bonchev–Trinajstić information content (AvgIpc) is 4.03. The SMILES string of the molecule is Nc1nc2ncc(CNc3ccc(C(=O)NC(CCC(=O)O)C(=O)O)cc3)nc2c(=O)[nH]1.O=C([O-])CCCC[C@@H]1SC[C@@H]2NC(=O)N[C@@H]21.O=C([O-])CCCC[C@@H]1SC[C@@H]2NC(=O)N[C@@H]21.O=S(=O)(O)O.[Mn+2]. The number of aliphatic carboxylic acids is 4. The maximum atomic E-state index is 12.3. The van der Waals surface area contributed by atoms with Crippen LogP contribution in [0.1, 0.15) is 80.3 Å². The number of nitrogens with one attached hydrogen (secondary N) is 7. The maximum Gasteiger partial charge on any atom is 2.00 e. The van der Waals surface area contributed by atoms with Crippen LogP contribution < -0.4 is 53.4 Å². The molecule has 27 nitrogen and oxygen atoms in total. The predicted molar refractivity (Wildman–Crippen MR) is 244 cm³/mol. The standard InChI is InChI=1S/C19H19N7O6.2C10H16N2O3S.Mn.H2O4S/c20-19-25-15-14(17(30)26-19)23-11(8-22-15)7-21-10-3-1-9(2-4-10)16(29)24-12(18(31)32)5-6-13(27)28;2*13-8(14)4-2-1-3-7-9-6(5-16-7)11-10(15)12-9;;1-5(2,3)4/h1-4,8,12,21H,5-7H2,(H,24,29)(H,27,28)(H,31,32)(H3,20,22,25,26,30);2*6-7,9H,1-5H2,(H,13,14)(H2,11,12,15);;(H2,1,2,3,4)/q;;;+2;/p-2/t;2*6-,7-,9-;;/m.00../s1. The molecule has 0 saturated carbocycles. The minimum Gasteiger partial charge on any atom is -0.550 e. The number of amides is 5. The molecule has 31 heteroatoms. The first-order chi connectivity index (χ1) is 32.6. The van der Waals surface area contributed by atoms with Crippen molar-refractivity contribution < 1.29 is 88.6 Å². The number of aromatic amines is 1. The summed E-state index contributed by atoms with van der Waals surface area (Å²) in [5, 5.41) is 56.1. The molecule has 383 valence electrons. The van der Waals surface area contributed by atoms with Crippen molar-refractivity contribution in [1.29, 1.82) is 0 Å². The molecule has 4 fully saturated rings. The molecule has 0 spiro atoms. The minimum absolute atomic E-state index is 0. The second kappa shape index (κ2) is 28.0. The number of nitrogens with two attached hydrogens (primary N) is 1. The van der Waals surface area contributed by atoms with Crippen LogP contribution >= 0.6 is 23.5 Å². The number of thioether (sulfide) groups is 2. The molecule has 0 aliphatic carbocycles. The fourth-order valence-corrected chi connectivity index (χ4v) is 10.4. The Morgan fingerprint density at radius 2 is 1.31 bits per heavy atom. The van der Waals surface area contributed by atoms with Crippen molar-refractivity contribution in [1.82, 2.24) is 46.5 Å². The van der Waals surface area contributed by atoms with Gasteiger partial charge in [0.25, 0.3) is 11.5 Å². The molecule has 5 amide bonds. The van der Waals surface area contributed by atoms with Crippen molar-refractivity contribution in [3.8, 4) is 0 Å². The monoisotopic (exact) mass is 1080 g/mol. The van der Waals surface area contributed by atoms with E-state index in [4.69, 9.17) is 33.5 Å². The number of carbonyl (C=O) groups is 7. The third kappa shape index (κ3) is 20.2. The normalized spacial score (nSPS) is 20.8. The number of carbonyl (C=O) groups excluding carboxylic acids is 5. The topological polar surface area (TPSA) is 450 Å². The van der Waals surface area contributed by atoms with Gasteiger partial charge in [-0.15, -0.1) is 0 Å².